The van der Waals surface area contributed by atoms with E-state index in [-0.39, 0.29) is 4.90 Å². The molecule has 2 N–H and O–H groups in total. The fourth-order valence-electron chi connectivity index (χ4n) is 1.37. The van der Waals surface area contributed by atoms with Crippen LogP contribution in [0.2, 0.25) is 0 Å². The molecule has 0 aromatic heterocycles. The van der Waals surface area contributed by atoms with Gasteiger partial charge < -0.3 is 5.32 Å². The molecule has 0 fully saturated rings. The van der Waals surface area contributed by atoms with Crippen molar-refractivity contribution in [3.63, 3.8) is 0 Å². The third-order valence-electron chi connectivity index (χ3n) is 2.48. The standard InChI is InChI=1S/C12H20N2O2S/c1-10(2)8-9-14-11-4-6-12(7-5-11)17(15,16)13-3/h4-7,10,13-14H,8-9H2,1-3H3. The summed E-state index contributed by atoms with van der Waals surface area (Å²) in [5, 5.41) is 3.26. The molecule has 1 aromatic rings. The fourth-order valence-corrected chi connectivity index (χ4v) is 2.11. The Balaban J connectivity index is 2.63. The molecule has 0 aliphatic rings. The molecule has 1 aromatic carbocycles. The average Bonchev–Trinajstić information content (AvgIpc) is 2.29. The van der Waals surface area contributed by atoms with Gasteiger partial charge in [-0.3, -0.25) is 0 Å². The first-order chi connectivity index (χ1) is 7.95. The Bertz CT molecular complexity index is 438. The van der Waals surface area contributed by atoms with E-state index in [4.69, 9.17) is 0 Å². The van der Waals surface area contributed by atoms with Crippen molar-refractivity contribution >= 4 is 15.7 Å². The van der Waals surface area contributed by atoms with E-state index in [1.165, 1.54) is 7.05 Å². The van der Waals surface area contributed by atoms with E-state index >= 15 is 0 Å². The van der Waals surface area contributed by atoms with Gasteiger partial charge in [0.2, 0.25) is 10.0 Å². The molecule has 0 aliphatic carbocycles. The summed E-state index contributed by atoms with van der Waals surface area (Å²) >= 11 is 0. The van der Waals surface area contributed by atoms with Crippen molar-refractivity contribution in [2.24, 2.45) is 5.92 Å². The molecule has 1 rings (SSSR count). The molecule has 0 heterocycles. The quantitative estimate of drug-likeness (QED) is 0.819. The molecule has 96 valence electrons. The molecule has 5 heteroatoms. The van der Waals surface area contributed by atoms with Gasteiger partial charge in [-0.05, 0) is 43.7 Å². The first-order valence-corrected chi connectivity index (χ1v) is 7.21. The van der Waals surface area contributed by atoms with Crippen molar-refractivity contribution in [2.45, 2.75) is 25.2 Å². The zero-order valence-electron chi connectivity index (χ0n) is 10.5. The third-order valence-corrected chi connectivity index (χ3v) is 3.91. The van der Waals surface area contributed by atoms with Crippen LogP contribution >= 0.6 is 0 Å². The van der Waals surface area contributed by atoms with Crippen LogP contribution in [0.5, 0.6) is 0 Å². The Morgan fingerprint density at radius 2 is 1.76 bits per heavy atom. The third kappa shape index (κ3) is 4.36. The minimum absolute atomic E-state index is 0.286. The van der Waals surface area contributed by atoms with Crippen LogP contribution in [0.4, 0.5) is 5.69 Å². The number of hydrogen-bond donors (Lipinski definition) is 2. The van der Waals surface area contributed by atoms with Gasteiger partial charge in [-0.2, -0.15) is 0 Å². The van der Waals surface area contributed by atoms with Gasteiger partial charge in [-0.25, -0.2) is 13.1 Å². The summed E-state index contributed by atoms with van der Waals surface area (Å²) in [5.74, 6) is 0.659. The molecule has 0 saturated heterocycles. The van der Waals surface area contributed by atoms with Crippen molar-refractivity contribution in [2.75, 3.05) is 18.9 Å². The number of benzene rings is 1. The van der Waals surface area contributed by atoms with Crippen LogP contribution in [0.15, 0.2) is 29.2 Å². The molecule has 0 amide bonds. The number of sulfonamides is 1. The van der Waals surface area contributed by atoms with Gasteiger partial charge in [0.25, 0.3) is 0 Å². The second kappa shape index (κ2) is 6.02. The molecule has 0 bridgehead atoms. The molecular weight excluding hydrogens is 236 g/mol. The summed E-state index contributed by atoms with van der Waals surface area (Å²) in [4.78, 5) is 0.286. The highest BCUT2D eigenvalue weighted by Gasteiger charge is 2.09. The second-order valence-corrected chi connectivity index (χ2v) is 6.23. The van der Waals surface area contributed by atoms with E-state index in [0.717, 1.165) is 18.7 Å². The van der Waals surface area contributed by atoms with Crippen molar-refractivity contribution in [1.29, 1.82) is 0 Å². The van der Waals surface area contributed by atoms with Gasteiger partial charge in [-0.1, -0.05) is 13.8 Å². The zero-order chi connectivity index (χ0) is 12.9. The monoisotopic (exact) mass is 256 g/mol. The zero-order valence-corrected chi connectivity index (χ0v) is 11.3. The van der Waals surface area contributed by atoms with Crippen LogP contribution in [0.3, 0.4) is 0 Å². The highest BCUT2D eigenvalue weighted by atomic mass is 32.2. The number of nitrogens with one attached hydrogen (secondary N) is 2. The summed E-state index contributed by atoms with van der Waals surface area (Å²) < 4.78 is 25.3. The lowest BCUT2D eigenvalue weighted by Gasteiger charge is -2.09. The van der Waals surface area contributed by atoms with Crippen LogP contribution in [0.1, 0.15) is 20.3 Å². The lowest BCUT2D eigenvalue weighted by molar-refractivity contribution is 0.588. The van der Waals surface area contributed by atoms with E-state index < -0.39 is 10.0 Å². The summed E-state index contributed by atoms with van der Waals surface area (Å²) in [5.41, 5.74) is 0.945. The highest BCUT2D eigenvalue weighted by Crippen LogP contribution is 2.14. The molecular formula is C12H20N2O2S. The van der Waals surface area contributed by atoms with Crippen molar-refractivity contribution in [3.05, 3.63) is 24.3 Å². The summed E-state index contributed by atoms with van der Waals surface area (Å²) in [6.07, 6.45) is 1.09. The molecule has 0 spiro atoms. The predicted octanol–water partition coefficient (Wildman–Crippen LogP) is 2.05. The van der Waals surface area contributed by atoms with Crippen LogP contribution < -0.4 is 10.0 Å². The van der Waals surface area contributed by atoms with Crippen LogP contribution in [-0.2, 0) is 10.0 Å². The van der Waals surface area contributed by atoms with E-state index in [9.17, 15) is 8.42 Å². The summed E-state index contributed by atoms with van der Waals surface area (Å²) in [7, 11) is -1.92. The fraction of sp³-hybridized carbons (Fsp3) is 0.500. The molecule has 0 atom stereocenters. The van der Waals surface area contributed by atoms with Crippen molar-refractivity contribution in [1.82, 2.24) is 4.72 Å². The van der Waals surface area contributed by atoms with Gasteiger partial charge in [-0.15, -0.1) is 0 Å². The highest BCUT2D eigenvalue weighted by molar-refractivity contribution is 7.89. The molecule has 0 saturated carbocycles. The maximum atomic E-state index is 11.5. The molecule has 0 unspecified atom stereocenters. The van der Waals surface area contributed by atoms with Crippen LogP contribution in [-0.4, -0.2) is 22.0 Å². The van der Waals surface area contributed by atoms with Gasteiger partial charge in [0.05, 0.1) is 4.90 Å². The first-order valence-electron chi connectivity index (χ1n) is 5.73. The number of rotatable bonds is 6. The molecule has 0 radical (unpaired) electrons. The van der Waals surface area contributed by atoms with E-state index in [2.05, 4.69) is 23.9 Å². The average molecular weight is 256 g/mol. The van der Waals surface area contributed by atoms with Crippen LogP contribution in [0, 0.1) is 5.92 Å². The summed E-state index contributed by atoms with van der Waals surface area (Å²) in [6, 6.07) is 6.77. The molecule has 0 aliphatic heterocycles. The SMILES string of the molecule is CNS(=O)(=O)c1ccc(NCCC(C)C)cc1. The maximum Gasteiger partial charge on any atom is 0.240 e. The summed E-state index contributed by atoms with van der Waals surface area (Å²) in [6.45, 7) is 5.24. The van der Waals surface area contributed by atoms with Crippen LogP contribution in [0.25, 0.3) is 0 Å². The Morgan fingerprint density at radius 1 is 1.18 bits per heavy atom. The lowest BCUT2D eigenvalue weighted by Crippen LogP contribution is -2.18. The molecule has 4 nitrogen and oxygen atoms in total. The Hall–Kier alpha value is -1.07. The Morgan fingerprint density at radius 3 is 2.24 bits per heavy atom. The maximum absolute atomic E-state index is 11.5. The van der Waals surface area contributed by atoms with Gasteiger partial charge in [0.1, 0.15) is 0 Å². The first kappa shape index (κ1) is 14.0. The van der Waals surface area contributed by atoms with Gasteiger partial charge in [0, 0.05) is 12.2 Å². The smallest absolute Gasteiger partial charge is 0.240 e. The Kier molecular flexibility index (Phi) is 4.96. The van der Waals surface area contributed by atoms with Gasteiger partial charge >= 0.3 is 0 Å². The lowest BCUT2D eigenvalue weighted by atomic mass is 10.1. The predicted molar refractivity (Wildman–Crippen MR) is 70.6 cm³/mol. The minimum atomic E-state index is -3.33. The van der Waals surface area contributed by atoms with E-state index in [1.54, 1.807) is 24.3 Å². The van der Waals surface area contributed by atoms with E-state index in [1.807, 2.05) is 0 Å². The largest absolute Gasteiger partial charge is 0.385 e. The minimum Gasteiger partial charge on any atom is -0.385 e. The van der Waals surface area contributed by atoms with E-state index in [0.29, 0.717) is 5.92 Å². The number of anilines is 1. The number of hydrogen-bond acceptors (Lipinski definition) is 3. The second-order valence-electron chi connectivity index (χ2n) is 4.34. The van der Waals surface area contributed by atoms with Crippen molar-refractivity contribution in [3.8, 4) is 0 Å². The van der Waals surface area contributed by atoms with Gasteiger partial charge in [0.15, 0.2) is 0 Å². The molecule has 17 heavy (non-hydrogen) atoms. The van der Waals surface area contributed by atoms with Crippen molar-refractivity contribution < 1.29 is 8.42 Å². The topological polar surface area (TPSA) is 58.2 Å². The normalized spacial score (nSPS) is 11.8. The Labute approximate surface area is 103 Å².